The van der Waals surface area contributed by atoms with Crippen molar-refractivity contribution < 1.29 is 0 Å². The minimum Gasteiger partial charge on any atom is -0.0840 e. The molecular weight excluding hydrogens is 180 g/mol. The molecule has 70 valence electrons. The summed E-state index contributed by atoms with van der Waals surface area (Å²) in [5.41, 5.74) is 2.69. The van der Waals surface area contributed by atoms with Gasteiger partial charge in [0, 0.05) is 5.02 Å². The molecule has 0 amide bonds. The molecule has 1 aromatic carbocycles. The van der Waals surface area contributed by atoms with Crippen LogP contribution in [-0.4, -0.2) is 0 Å². The van der Waals surface area contributed by atoms with Crippen molar-refractivity contribution in [3.05, 3.63) is 34.3 Å². The largest absolute Gasteiger partial charge is 0.0840 e. The Balaban J connectivity index is 2.31. The van der Waals surface area contributed by atoms with Crippen LogP contribution in [0.15, 0.2) is 18.2 Å². The zero-order valence-electron chi connectivity index (χ0n) is 8.18. The van der Waals surface area contributed by atoms with E-state index in [0.29, 0.717) is 5.92 Å². The highest BCUT2D eigenvalue weighted by molar-refractivity contribution is 6.31. The van der Waals surface area contributed by atoms with Gasteiger partial charge in [0.25, 0.3) is 0 Å². The highest BCUT2D eigenvalue weighted by Crippen LogP contribution is 2.41. The van der Waals surface area contributed by atoms with Crippen LogP contribution < -0.4 is 0 Å². The Hall–Kier alpha value is -0.490. The van der Waals surface area contributed by atoms with Crippen molar-refractivity contribution in [2.75, 3.05) is 0 Å². The van der Waals surface area contributed by atoms with Crippen LogP contribution in [-0.2, 0) is 0 Å². The molecule has 13 heavy (non-hydrogen) atoms. The smallest absolute Gasteiger partial charge is 0.0443 e. The Morgan fingerprint density at radius 3 is 2.46 bits per heavy atom. The van der Waals surface area contributed by atoms with Gasteiger partial charge >= 0.3 is 0 Å². The lowest BCUT2D eigenvalue weighted by atomic mass is 10.0. The van der Waals surface area contributed by atoms with Crippen molar-refractivity contribution in [2.24, 2.45) is 0 Å². The second-order valence-electron chi connectivity index (χ2n) is 4.21. The van der Waals surface area contributed by atoms with E-state index in [1.54, 1.807) is 0 Å². The van der Waals surface area contributed by atoms with Crippen LogP contribution in [0.4, 0.5) is 0 Å². The molecule has 0 saturated heterocycles. The Morgan fingerprint density at radius 2 is 2.00 bits per heavy atom. The second-order valence-corrected chi connectivity index (χ2v) is 4.62. The van der Waals surface area contributed by atoms with Gasteiger partial charge in [-0.25, -0.2) is 0 Å². The summed E-state index contributed by atoms with van der Waals surface area (Å²) < 4.78 is 0. The molecule has 1 fully saturated rings. The summed E-state index contributed by atoms with van der Waals surface area (Å²) in [7, 11) is 0. The van der Waals surface area contributed by atoms with E-state index in [0.717, 1.165) is 10.9 Å². The molecule has 0 nitrogen and oxygen atoms in total. The molecule has 1 aliphatic rings. The predicted octanol–water partition coefficient (Wildman–Crippen LogP) is 4.34. The first-order valence-electron chi connectivity index (χ1n) is 4.98. The van der Waals surface area contributed by atoms with E-state index >= 15 is 0 Å². The molecule has 0 bridgehead atoms. The van der Waals surface area contributed by atoms with E-state index in [2.05, 4.69) is 32.0 Å². The zero-order valence-corrected chi connectivity index (χ0v) is 8.93. The van der Waals surface area contributed by atoms with Crippen molar-refractivity contribution in [3.8, 4) is 0 Å². The van der Waals surface area contributed by atoms with Gasteiger partial charge in [-0.15, -0.1) is 0 Å². The van der Waals surface area contributed by atoms with E-state index < -0.39 is 0 Å². The van der Waals surface area contributed by atoms with Crippen LogP contribution in [0.2, 0.25) is 5.02 Å². The average Bonchev–Trinajstić information content (AvgIpc) is 2.85. The SMILES string of the molecule is CC(C)c1ccc(C2CC2)cc1Cl. The normalized spacial score (nSPS) is 16.6. The van der Waals surface area contributed by atoms with Gasteiger partial charge in [-0.05, 0) is 41.9 Å². The lowest BCUT2D eigenvalue weighted by Gasteiger charge is -2.09. The Morgan fingerprint density at radius 1 is 1.31 bits per heavy atom. The van der Waals surface area contributed by atoms with Crippen molar-refractivity contribution in [1.29, 1.82) is 0 Å². The van der Waals surface area contributed by atoms with E-state index in [1.165, 1.54) is 24.0 Å². The minimum absolute atomic E-state index is 0.528. The summed E-state index contributed by atoms with van der Waals surface area (Å²) in [5, 5.41) is 0.944. The first kappa shape index (κ1) is 9.08. The van der Waals surface area contributed by atoms with Crippen LogP contribution >= 0.6 is 11.6 Å². The Bertz CT molecular complexity index is 311. The van der Waals surface area contributed by atoms with Gasteiger partial charge in [-0.1, -0.05) is 37.6 Å². The number of benzene rings is 1. The van der Waals surface area contributed by atoms with Crippen LogP contribution in [0.25, 0.3) is 0 Å². The number of hydrogen-bond acceptors (Lipinski definition) is 0. The van der Waals surface area contributed by atoms with Gasteiger partial charge in [-0.3, -0.25) is 0 Å². The molecule has 1 aromatic rings. The standard InChI is InChI=1S/C12H15Cl/c1-8(2)11-6-5-10(7-12(11)13)9-3-4-9/h5-9H,3-4H2,1-2H3. The van der Waals surface area contributed by atoms with Gasteiger partial charge in [0.2, 0.25) is 0 Å². The molecule has 0 N–H and O–H groups in total. The minimum atomic E-state index is 0.528. The van der Waals surface area contributed by atoms with Crippen LogP contribution in [0.3, 0.4) is 0 Å². The second kappa shape index (κ2) is 3.34. The molecule has 0 atom stereocenters. The lowest BCUT2D eigenvalue weighted by Crippen LogP contribution is -1.90. The molecule has 0 unspecified atom stereocenters. The highest BCUT2D eigenvalue weighted by Gasteiger charge is 2.23. The molecule has 2 rings (SSSR count). The fourth-order valence-electron chi connectivity index (χ4n) is 1.68. The summed E-state index contributed by atoms with van der Waals surface area (Å²) in [6.45, 7) is 4.36. The van der Waals surface area contributed by atoms with Crippen molar-refractivity contribution in [1.82, 2.24) is 0 Å². The van der Waals surface area contributed by atoms with Crippen molar-refractivity contribution >= 4 is 11.6 Å². The van der Waals surface area contributed by atoms with Crippen molar-refractivity contribution in [2.45, 2.75) is 38.5 Å². The maximum Gasteiger partial charge on any atom is 0.0443 e. The third-order valence-corrected chi connectivity index (χ3v) is 3.02. The molecule has 0 aromatic heterocycles. The van der Waals surface area contributed by atoms with Gasteiger partial charge in [0.1, 0.15) is 0 Å². The first-order valence-corrected chi connectivity index (χ1v) is 5.35. The summed E-state index contributed by atoms with van der Waals surface area (Å²) in [4.78, 5) is 0. The highest BCUT2D eigenvalue weighted by atomic mass is 35.5. The zero-order chi connectivity index (χ0) is 9.42. The molecule has 1 heteroatoms. The summed E-state index contributed by atoms with van der Waals surface area (Å²) in [6, 6.07) is 6.56. The fraction of sp³-hybridized carbons (Fsp3) is 0.500. The molecule has 0 radical (unpaired) electrons. The topological polar surface area (TPSA) is 0 Å². The maximum absolute atomic E-state index is 6.20. The van der Waals surface area contributed by atoms with E-state index in [1.807, 2.05) is 0 Å². The summed E-state index contributed by atoms with van der Waals surface area (Å²) in [5.74, 6) is 1.33. The molecule has 0 spiro atoms. The van der Waals surface area contributed by atoms with Gasteiger partial charge in [0.15, 0.2) is 0 Å². The van der Waals surface area contributed by atoms with Crippen LogP contribution in [0.5, 0.6) is 0 Å². The summed E-state index contributed by atoms with van der Waals surface area (Å²) in [6.07, 6.45) is 2.69. The van der Waals surface area contributed by atoms with Crippen LogP contribution in [0.1, 0.15) is 49.7 Å². The van der Waals surface area contributed by atoms with E-state index in [4.69, 9.17) is 11.6 Å². The summed E-state index contributed by atoms with van der Waals surface area (Å²) >= 11 is 6.20. The number of halogens is 1. The first-order chi connectivity index (χ1) is 6.18. The lowest BCUT2D eigenvalue weighted by molar-refractivity contribution is 0.865. The van der Waals surface area contributed by atoms with Gasteiger partial charge < -0.3 is 0 Å². The number of hydrogen-bond donors (Lipinski definition) is 0. The molecule has 1 aliphatic carbocycles. The molecule has 1 saturated carbocycles. The fourth-order valence-corrected chi connectivity index (χ4v) is 2.09. The van der Waals surface area contributed by atoms with Crippen LogP contribution in [0, 0.1) is 0 Å². The predicted molar refractivity (Wildman–Crippen MR) is 57.5 cm³/mol. The van der Waals surface area contributed by atoms with Gasteiger partial charge in [0.05, 0.1) is 0 Å². The van der Waals surface area contributed by atoms with Crippen molar-refractivity contribution in [3.63, 3.8) is 0 Å². The quantitative estimate of drug-likeness (QED) is 0.657. The Labute approximate surface area is 84.9 Å². The van der Waals surface area contributed by atoms with Gasteiger partial charge in [-0.2, -0.15) is 0 Å². The average molecular weight is 195 g/mol. The maximum atomic E-state index is 6.20. The molecule has 0 aliphatic heterocycles. The third-order valence-electron chi connectivity index (χ3n) is 2.70. The van der Waals surface area contributed by atoms with E-state index in [-0.39, 0.29) is 0 Å². The Kier molecular flexibility index (Phi) is 2.33. The van der Waals surface area contributed by atoms with E-state index in [9.17, 15) is 0 Å². The molecular formula is C12H15Cl. The molecule has 0 heterocycles. The monoisotopic (exact) mass is 194 g/mol. The number of rotatable bonds is 2. The third kappa shape index (κ3) is 1.88.